The third kappa shape index (κ3) is 5.28. The van der Waals surface area contributed by atoms with Crippen LogP contribution in [-0.4, -0.2) is 41.2 Å². The second-order valence-electron chi connectivity index (χ2n) is 9.59. The van der Waals surface area contributed by atoms with Gasteiger partial charge in [-0.1, -0.05) is 41.9 Å². The van der Waals surface area contributed by atoms with Crippen LogP contribution in [0.4, 0.5) is 11.4 Å². The standard InChI is InChI=1S/C30H26ClN3O5/c1-18(2)39-30(38)20-10-12-24(13-11-20)34-28(36)25(31)26(29(34)37)32-23-9-5-8-21(16-23)27(35)33-15-14-19-6-3-4-7-22(19)17-33/h3-13,16,18,32H,14-15,17H2,1-2H3. The molecule has 0 spiro atoms. The first kappa shape index (κ1) is 26.2. The Balaban J connectivity index is 1.31. The minimum absolute atomic E-state index is 0.0959. The maximum absolute atomic E-state index is 13.2. The highest BCUT2D eigenvalue weighted by molar-refractivity contribution is 6.53. The summed E-state index contributed by atoms with van der Waals surface area (Å²) in [7, 11) is 0. The van der Waals surface area contributed by atoms with Crippen LogP contribution in [0.3, 0.4) is 0 Å². The number of imide groups is 1. The van der Waals surface area contributed by atoms with Gasteiger partial charge in [0, 0.05) is 24.3 Å². The summed E-state index contributed by atoms with van der Waals surface area (Å²) in [5.74, 6) is -1.97. The summed E-state index contributed by atoms with van der Waals surface area (Å²) in [6.45, 7) is 4.63. The van der Waals surface area contributed by atoms with E-state index < -0.39 is 17.8 Å². The molecule has 0 unspecified atom stereocenters. The third-order valence-electron chi connectivity index (χ3n) is 6.53. The molecule has 2 heterocycles. The second-order valence-corrected chi connectivity index (χ2v) is 9.96. The lowest BCUT2D eigenvalue weighted by Gasteiger charge is -2.29. The number of carbonyl (C=O) groups excluding carboxylic acids is 4. The minimum Gasteiger partial charge on any atom is -0.459 e. The number of hydrogen-bond acceptors (Lipinski definition) is 6. The lowest BCUT2D eigenvalue weighted by Crippen LogP contribution is -2.36. The van der Waals surface area contributed by atoms with Crippen molar-refractivity contribution in [3.8, 4) is 0 Å². The Morgan fingerprint density at radius 1 is 0.897 bits per heavy atom. The number of anilines is 2. The van der Waals surface area contributed by atoms with Crippen LogP contribution in [0.15, 0.2) is 83.5 Å². The Morgan fingerprint density at radius 2 is 1.62 bits per heavy atom. The summed E-state index contributed by atoms with van der Waals surface area (Å²) in [6, 6.07) is 20.7. The molecule has 8 nitrogen and oxygen atoms in total. The quantitative estimate of drug-likeness (QED) is 0.351. The monoisotopic (exact) mass is 543 g/mol. The van der Waals surface area contributed by atoms with Crippen LogP contribution in [0.5, 0.6) is 0 Å². The highest BCUT2D eigenvalue weighted by Gasteiger charge is 2.39. The molecule has 0 fully saturated rings. The first-order chi connectivity index (χ1) is 18.7. The van der Waals surface area contributed by atoms with Crippen LogP contribution in [0.25, 0.3) is 0 Å². The van der Waals surface area contributed by atoms with Gasteiger partial charge in [-0.3, -0.25) is 14.4 Å². The van der Waals surface area contributed by atoms with Gasteiger partial charge in [-0.05, 0) is 73.9 Å². The molecule has 0 aromatic heterocycles. The summed E-state index contributed by atoms with van der Waals surface area (Å²) in [6.07, 6.45) is 0.509. The fourth-order valence-corrected chi connectivity index (χ4v) is 4.81. The van der Waals surface area contributed by atoms with Crippen LogP contribution < -0.4 is 10.2 Å². The van der Waals surface area contributed by atoms with E-state index in [1.54, 1.807) is 43.0 Å². The Morgan fingerprint density at radius 3 is 2.33 bits per heavy atom. The molecule has 0 saturated heterocycles. The lowest BCUT2D eigenvalue weighted by molar-refractivity contribution is -0.120. The molecule has 0 atom stereocenters. The molecule has 3 amide bonds. The molecule has 0 aliphatic carbocycles. The summed E-state index contributed by atoms with van der Waals surface area (Å²) in [4.78, 5) is 54.2. The van der Waals surface area contributed by atoms with Crippen molar-refractivity contribution in [1.82, 2.24) is 4.90 Å². The fraction of sp³-hybridized carbons (Fsp3) is 0.200. The molecule has 0 bridgehead atoms. The van der Waals surface area contributed by atoms with Gasteiger partial charge >= 0.3 is 5.97 Å². The SMILES string of the molecule is CC(C)OC(=O)c1ccc(N2C(=O)C(Cl)=C(Nc3cccc(C(=O)N4CCc5ccccc5C4)c3)C2=O)cc1. The van der Waals surface area contributed by atoms with Gasteiger partial charge in [0.1, 0.15) is 10.7 Å². The first-order valence-corrected chi connectivity index (χ1v) is 12.9. The van der Waals surface area contributed by atoms with Gasteiger partial charge in [-0.25, -0.2) is 9.69 Å². The van der Waals surface area contributed by atoms with Crippen LogP contribution >= 0.6 is 11.6 Å². The molecule has 198 valence electrons. The van der Waals surface area contributed by atoms with Crippen molar-refractivity contribution in [1.29, 1.82) is 0 Å². The van der Waals surface area contributed by atoms with Crippen molar-refractivity contribution in [2.24, 2.45) is 0 Å². The largest absolute Gasteiger partial charge is 0.459 e. The van der Waals surface area contributed by atoms with Gasteiger partial charge in [-0.15, -0.1) is 0 Å². The Kier molecular flexibility index (Phi) is 7.21. The maximum Gasteiger partial charge on any atom is 0.338 e. The van der Waals surface area contributed by atoms with Gasteiger partial charge in [0.15, 0.2) is 0 Å². The normalized spacial score (nSPS) is 15.1. The van der Waals surface area contributed by atoms with Gasteiger partial charge in [0.25, 0.3) is 17.7 Å². The molecule has 3 aromatic rings. The number of fused-ring (bicyclic) bond motifs is 1. The van der Waals surface area contributed by atoms with Gasteiger partial charge in [-0.2, -0.15) is 0 Å². The van der Waals surface area contributed by atoms with E-state index in [0.717, 1.165) is 16.9 Å². The van der Waals surface area contributed by atoms with Crippen molar-refractivity contribution >= 4 is 46.7 Å². The van der Waals surface area contributed by atoms with Gasteiger partial charge < -0.3 is 15.0 Å². The van der Waals surface area contributed by atoms with Crippen molar-refractivity contribution < 1.29 is 23.9 Å². The molecule has 5 rings (SSSR count). The van der Waals surface area contributed by atoms with E-state index in [1.165, 1.54) is 29.8 Å². The Bertz CT molecular complexity index is 1510. The number of nitrogens with one attached hydrogen (secondary N) is 1. The van der Waals surface area contributed by atoms with Crippen molar-refractivity contribution in [2.75, 3.05) is 16.8 Å². The summed E-state index contributed by atoms with van der Waals surface area (Å²) in [5, 5.41) is 2.66. The molecular formula is C30H26ClN3O5. The highest BCUT2D eigenvalue weighted by Crippen LogP contribution is 2.31. The number of amides is 3. The lowest BCUT2D eigenvalue weighted by atomic mass is 9.99. The number of nitrogens with zero attached hydrogens (tertiary/aromatic N) is 2. The van der Waals surface area contributed by atoms with E-state index in [1.807, 2.05) is 18.2 Å². The molecular weight excluding hydrogens is 518 g/mol. The smallest absolute Gasteiger partial charge is 0.338 e. The van der Waals surface area contributed by atoms with Gasteiger partial charge in [0.2, 0.25) is 0 Å². The van der Waals surface area contributed by atoms with Crippen molar-refractivity contribution in [2.45, 2.75) is 32.9 Å². The third-order valence-corrected chi connectivity index (χ3v) is 6.88. The summed E-state index contributed by atoms with van der Waals surface area (Å²) < 4.78 is 5.17. The van der Waals surface area contributed by atoms with Crippen LogP contribution in [0, 0.1) is 0 Å². The van der Waals surface area contributed by atoms with Crippen molar-refractivity contribution in [3.63, 3.8) is 0 Å². The number of esters is 1. The molecule has 1 N–H and O–H groups in total. The predicted molar refractivity (Wildman–Crippen MR) is 147 cm³/mol. The topological polar surface area (TPSA) is 96.0 Å². The number of benzene rings is 3. The highest BCUT2D eigenvalue weighted by atomic mass is 35.5. The Hall–Kier alpha value is -4.43. The summed E-state index contributed by atoms with van der Waals surface area (Å²) >= 11 is 6.28. The zero-order valence-electron chi connectivity index (χ0n) is 21.4. The second kappa shape index (κ2) is 10.7. The van der Waals surface area contributed by atoms with Crippen LogP contribution in [0.1, 0.15) is 45.7 Å². The molecule has 9 heteroatoms. The number of ether oxygens (including phenoxy) is 1. The van der Waals surface area contributed by atoms with Crippen LogP contribution in [0.2, 0.25) is 0 Å². The molecule has 2 aliphatic heterocycles. The molecule has 0 saturated carbocycles. The number of hydrogen-bond donors (Lipinski definition) is 1. The average Bonchev–Trinajstić information content (AvgIpc) is 3.15. The van der Waals surface area contributed by atoms with Crippen LogP contribution in [-0.2, 0) is 27.3 Å². The molecule has 39 heavy (non-hydrogen) atoms. The van der Waals surface area contributed by atoms with Gasteiger partial charge in [0.05, 0.1) is 17.4 Å². The number of rotatable bonds is 6. The average molecular weight is 544 g/mol. The molecule has 3 aromatic carbocycles. The fourth-order valence-electron chi connectivity index (χ4n) is 4.60. The minimum atomic E-state index is -0.694. The molecule has 2 aliphatic rings. The predicted octanol–water partition coefficient (Wildman–Crippen LogP) is 4.89. The molecule has 0 radical (unpaired) electrons. The van der Waals surface area contributed by atoms with E-state index in [-0.39, 0.29) is 28.4 Å². The van der Waals surface area contributed by atoms with Crippen molar-refractivity contribution in [3.05, 3.63) is 106 Å². The Labute approximate surface area is 230 Å². The zero-order chi connectivity index (χ0) is 27.7. The number of carbonyl (C=O) groups is 4. The van der Waals surface area contributed by atoms with E-state index in [0.29, 0.717) is 29.9 Å². The van der Waals surface area contributed by atoms with E-state index in [4.69, 9.17) is 16.3 Å². The first-order valence-electron chi connectivity index (χ1n) is 12.6. The van der Waals surface area contributed by atoms with E-state index >= 15 is 0 Å². The zero-order valence-corrected chi connectivity index (χ0v) is 22.2. The summed E-state index contributed by atoms with van der Waals surface area (Å²) in [5.41, 5.74) is 3.73. The maximum atomic E-state index is 13.2. The van der Waals surface area contributed by atoms with E-state index in [2.05, 4.69) is 11.4 Å². The van der Waals surface area contributed by atoms with E-state index in [9.17, 15) is 19.2 Å². The number of halogens is 1.